The van der Waals surface area contributed by atoms with Gasteiger partial charge in [0, 0.05) is 60.4 Å². The predicted octanol–water partition coefficient (Wildman–Crippen LogP) is 3.87. The van der Waals surface area contributed by atoms with E-state index < -0.39 is 6.10 Å². The number of benzene rings is 1. The number of ether oxygens (including phenoxy) is 1. The molecule has 3 heterocycles. The number of nitrogen functional groups attached to an aromatic ring is 1. The van der Waals surface area contributed by atoms with Crippen molar-refractivity contribution in [3.8, 4) is 17.0 Å². The van der Waals surface area contributed by atoms with Crippen LogP contribution < -0.4 is 15.8 Å². The highest BCUT2D eigenvalue weighted by Crippen LogP contribution is 2.37. The summed E-state index contributed by atoms with van der Waals surface area (Å²) < 4.78 is 22.2. The molecule has 2 aromatic heterocycles. The Kier molecular flexibility index (Phi) is 5.46. The lowest BCUT2D eigenvalue weighted by atomic mass is 9.94. The van der Waals surface area contributed by atoms with Crippen LogP contribution in [-0.2, 0) is 13.5 Å². The Morgan fingerprint density at radius 1 is 1.35 bits per heavy atom. The molecule has 31 heavy (non-hydrogen) atoms. The molecular weight excluding hydrogens is 395 g/mol. The number of allylic oxidation sites excluding steroid dienone is 1. The number of hydrogen-bond acceptors (Lipinski definition) is 6. The number of fused-ring (bicyclic) bond motifs is 5. The lowest BCUT2D eigenvalue weighted by Gasteiger charge is -2.22. The Morgan fingerprint density at radius 2 is 2.16 bits per heavy atom. The monoisotopic (exact) mass is 420 g/mol. The first-order valence-electron chi connectivity index (χ1n) is 10.1. The van der Waals surface area contributed by atoms with Crippen LogP contribution in [0.3, 0.4) is 0 Å². The zero-order valence-electron chi connectivity index (χ0n) is 17.7. The molecule has 7 nitrogen and oxygen atoms in total. The Bertz CT molecular complexity index is 1180. The van der Waals surface area contributed by atoms with E-state index in [1.807, 2.05) is 27.0 Å². The summed E-state index contributed by atoms with van der Waals surface area (Å²) in [7, 11) is 1.85. The van der Waals surface area contributed by atoms with E-state index in [1.54, 1.807) is 23.1 Å². The molecular formula is C23H25FN6O. The number of anilines is 1. The van der Waals surface area contributed by atoms with Gasteiger partial charge in [-0.15, -0.1) is 0 Å². The first-order valence-corrected chi connectivity index (χ1v) is 10.1. The molecule has 0 unspecified atom stereocenters. The summed E-state index contributed by atoms with van der Waals surface area (Å²) in [4.78, 5) is 4.30. The van der Waals surface area contributed by atoms with Gasteiger partial charge in [0.15, 0.2) is 11.6 Å². The van der Waals surface area contributed by atoms with Gasteiger partial charge in [-0.3, -0.25) is 4.68 Å². The summed E-state index contributed by atoms with van der Waals surface area (Å²) >= 11 is 0. The number of halogens is 1. The maximum absolute atomic E-state index is 14.2. The van der Waals surface area contributed by atoms with E-state index in [9.17, 15) is 4.39 Å². The van der Waals surface area contributed by atoms with Crippen molar-refractivity contribution in [1.29, 1.82) is 5.41 Å². The smallest absolute Gasteiger partial charge is 0.166 e. The number of aromatic nitrogens is 3. The maximum Gasteiger partial charge on any atom is 0.166 e. The third-order valence-electron chi connectivity index (χ3n) is 5.43. The van der Waals surface area contributed by atoms with Gasteiger partial charge < -0.3 is 21.2 Å². The van der Waals surface area contributed by atoms with Crippen LogP contribution in [0.15, 0.2) is 42.2 Å². The average Bonchev–Trinajstić information content (AvgIpc) is 3.11. The van der Waals surface area contributed by atoms with Crippen LogP contribution in [0, 0.1) is 11.2 Å². The molecule has 0 spiro atoms. The zero-order chi connectivity index (χ0) is 22.1. The van der Waals surface area contributed by atoms with Crippen LogP contribution >= 0.6 is 0 Å². The second kappa shape index (κ2) is 8.22. The number of hydrogen-bond donors (Lipinski definition) is 3. The molecule has 0 aliphatic carbocycles. The number of nitrogens with zero attached hydrogens (tertiary/aromatic N) is 3. The van der Waals surface area contributed by atoms with Crippen LogP contribution in [0.5, 0.6) is 5.75 Å². The minimum absolute atomic E-state index is 0.249. The molecule has 0 amide bonds. The second-order valence-corrected chi connectivity index (χ2v) is 7.49. The van der Waals surface area contributed by atoms with Crippen molar-refractivity contribution in [2.75, 3.05) is 12.3 Å². The van der Waals surface area contributed by atoms with Crippen LogP contribution in [-0.4, -0.2) is 27.5 Å². The average molecular weight is 420 g/mol. The fourth-order valence-corrected chi connectivity index (χ4v) is 3.98. The van der Waals surface area contributed by atoms with Crippen LogP contribution in [0.4, 0.5) is 10.2 Å². The van der Waals surface area contributed by atoms with E-state index in [-0.39, 0.29) is 11.6 Å². The summed E-state index contributed by atoms with van der Waals surface area (Å²) in [6.07, 6.45) is 4.78. The maximum atomic E-state index is 14.2. The first-order chi connectivity index (χ1) is 14.9. The Labute approximate surface area is 180 Å². The van der Waals surface area contributed by atoms with Crippen molar-refractivity contribution in [1.82, 2.24) is 20.1 Å². The topological polar surface area (TPSA) is 102 Å². The third kappa shape index (κ3) is 3.76. The quantitative estimate of drug-likeness (QED) is 0.558. The van der Waals surface area contributed by atoms with Gasteiger partial charge in [0.05, 0.1) is 11.9 Å². The highest BCUT2D eigenvalue weighted by Gasteiger charge is 2.23. The summed E-state index contributed by atoms with van der Waals surface area (Å²) in [6.45, 7) is 4.52. The number of nitrogens with one attached hydrogen (secondary N) is 2. The molecule has 4 rings (SSSR count). The number of aryl methyl sites for hydroxylation is 1. The van der Waals surface area contributed by atoms with E-state index in [0.29, 0.717) is 24.3 Å². The molecule has 2 bridgehead atoms. The minimum atomic E-state index is -0.485. The summed E-state index contributed by atoms with van der Waals surface area (Å²) in [5, 5.41) is 15.9. The number of rotatable bonds is 3. The van der Waals surface area contributed by atoms with Gasteiger partial charge >= 0.3 is 0 Å². The van der Waals surface area contributed by atoms with Crippen molar-refractivity contribution in [2.24, 2.45) is 7.05 Å². The van der Waals surface area contributed by atoms with Crippen LogP contribution in [0.25, 0.3) is 17.0 Å². The van der Waals surface area contributed by atoms with E-state index >= 15 is 0 Å². The minimum Gasteiger partial charge on any atom is -0.482 e. The molecule has 1 aliphatic heterocycles. The van der Waals surface area contributed by atoms with Gasteiger partial charge in [-0.2, -0.15) is 5.10 Å². The van der Waals surface area contributed by atoms with Crippen molar-refractivity contribution >= 4 is 17.7 Å². The van der Waals surface area contributed by atoms with Gasteiger partial charge in [-0.1, -0.05) is 0 Å². The third-order valence-corrected chi connectivity index (χ3v) is 5.43. The van der Waals surface area contributed by atoms with Gasteiger partial charge in [-0.05, 0) is 43.7 Å². The second-order valence-electron chi connectivity index (χ2n) is 7.49. The van der Waals surface area contributed by atoms with Gasteiger partial charge in [0.2, 0.25) is 0 Å². The van der Waals surface area contributed by atoms with E-state index in [4.69, 9.17) is 15.9 Å². The molecule has 1 aliphatic rings. The van der Waals surface area contributed by atoms with Gasteiger partial charge in [-0.25, -0.2) is 9.37 Å². The van der Waals surface area contributed by atoms with Crippen molar-refractivity contribution in [2.45, 2.75) is 26.4 Å². The lowest BCUT2D eigenvalue weighted by molar-refractivity contribution is 0.227. The van der Waals surface area contributed by atoms with Gasteiger partial charge in [0.25, 0.3) is 0 Å². The van der Waals surface area contributed by atoms with E-state index in [0.717, 1.165) is 33.7 Å². The fourth-order valence-electron chi connectivity index (χ4n) is 3.98. The molecule has 160 valence electrons. The highest BCUT2D eigenvalue weighted by molar-refractivity contribution is 5.90. The molecule has 0 fully saturated rings. The molecule has 0 saturated carbocycles. The SMILES string of the molecule is CCN/C1=C(\C=N)Cc2cnn(C)c2-c2ccc(F)cc2[C@@H](C)Oc2cc1cnc2N. The fraction of sp³-hybridized carbons (Fsp3) is 0.261. The van der Waals surface area contributed by atoms with Crippen molar-refractivity contribution in [3.05, 3.63) is 64.7 Å². The molecule has 1 aromatic carbocycles. The standard InChI is InChI=1S/C23H25FN6O/c1-4-27-21-14(10-25)7-16-12-29-30(3)22(16)18-6-5-17(24)9-19(18)13(2)31-20-8-15(21)11-28-23(20)26/h5-6,8-13,25,27H,4,7H2,1-3H3,(H2,26,28)/b21-14-,25-10?/t13-/m1/s1. The van der Waals surface area contributed by atoms with Crippen molar-refractivity contribution < 1.29 is 9.13 Å². The number of nitrogens with two attached hydrogens (primary N) is 1. The summed E-state index contributed by atoms with van der Waals surface area (Å²) in [5.41, 5.74) is 11.7. The highest BCUT2D eigenvalue weighted by atomic mass is 19.1. The largest absolute Gasteiger partial charge is 0.482 e. The molecule has 0 saturated heterocycles. The lowest BCUT2D eigenvalue weighted by Crippen LogP contribution is -2.17. The zero-order valence-corrected chi connectivity index (χ0v) is 17.7. The van der Waals surface area contributed by atoms with E-state index in [2.05, 4.69) is 15.4 Å². The predicted molar refractivity (Wildman–Crippen MR) is 119 cm³/mol. The molecule has 3 aromatic rings. The molecule has 0 radical (unpaired) electrons. The Morgan fingerprint density at radius 3 is 2.90 bits per heavy atom. The molecule has 4 N–H and O–H groups in total. The van der Waals surface area contributed by atoms with Crippen molar-refractivity contribution in [3.63, 3.8) is 0 Å². The molecule has 1 atom stereocenters. The van der Waals surface area contributed by atoms with Gasteiger partial charge in [0.1, 0.15) is 11.9 Å². The Balaban J connectivity index is 2.04. The normalized spacial score (nSPS) is 18.1. The first kappa shape index (κ1) is 20.6. The number of pyridine rings is 1. The summed E-state index contributed by atoms with van der Waals surface area (Å²) in [5.74, 6) is 0.309. The molecule has 8 heteroatoms. The van der Waals surface area contributed by atoms with Crippen LogP contribution in [0.1, 0.15) is 36.6 Å². The Hall–Kier alpha value is -3.68. The van der Waals surface area contributed by atoms with Crippen LogP contribution in [0.2, 0.25) is 0 Å². The summed E-state index contributed by atoms with van der Waals surface area (Å²) in [6, 6.07) is 6.47. The van der Waals surface area contributed by atoms with E-state index in [1.165, 1.54) is 18.3 Å².